The first-order chi connectivity index (χ1) is 3.91. The summed E-state index contributed by atoms with van der Waals surface area (Å²) in [5.74, 6) is 2.62. The van der Waals surface area contributed by atoms with Gasteiger partial charge in [-0.1, -0.05) is 28.5 Å². The molecule has 3 nitrogen and oxygen atoms in total. The van der Waals surface area contributed by atoms with E-state index < -0.39 is 0 Å². The zero-order chi connectivity index (χ0) is 6.24. The maximum atomic E-state index is 9.41. The topological polar surface area (TPSA) is 38.3 Å². The van der Waals surface area contributed by atoms with Gasteiger partial charge in [0.25, 0.3) is 0 Å². The summed E-state index contributed by atoms with van der Waals surface area (Å²) in [5.41, 5.74) is 2.10. The third-order valence-corrected chi connectivity index (χ3v) is 0.695. The van der Waals surface area contributed by atoms with Crippen LogP contribution in [0.2, 0.25) is 0 Å². The van der Waals surface area contributed by atoms with Crippen LogP contribution in [0.4, 0.5) is 0 Å². The minimum absolute atomic E-state index is 0.280. The Morgan fingerprint density at radius 2 is 2.62 bits per heavy atom. The zero-order valence-electron chi connectivity index (χ0n) is 3.98. The van der Waals surface area contributed by atoms with E-state index in [2.05, 4.69) is 44.9 Å². The van der Waals surface area contributed by atoms with Gasteiger partial charge in [0.2, 0.25) is 0 Å². The normalized spacial score (nSPS) is 6.12. The van der Waals surface area contributed by atoms with Crippen molar-refractivity contribution in [2.75, 3.05) is 4.43 Å². The van der Waals surface area contributed by atoms with Crippen molar-refractivity contribution in [3.05, 3.63) is 0 Å². The molecular weight excluding hydrogens is 221 g/mol. The van der Waals surface area contributed by atoms with Crippen molar-refractivity contribution in [2.45, 2.75) is 0 Å². The predicted octanol–water partition coefficient (Wildman–Crippen LogP) is 0.0599. The number of carbonyl (C=O) groups excluding carboxylic acids is 1. The molecule has 0 saturated carbocycles. The van der Waals surface area contributed by atoms with Crippen LogP contribution < -0.4 is 5.48 Å². The minimum atomic E-state index is 0.280. The maximum absolute atomic E-state index is 9.41. The van der Waals surface area contributed by atoms with Crippen LogP contribution in [0.3, 0.4) is 0 Å². The van der Waals surface area contributed by atoms with Crippen LogP contribution >= 0.6 is 22.6 Å². The second-order valence-electron chi connectivity index (χ2n) is 0.752. The Balaban J connectivity index is 3.02. The van der Waals surface area contributed by atoms with Gasteiger partial charge in [-0.25, -0.2) is 0 Å². The lowest BCUT2D eigenvalue weighted by Crippen LogP contribution is -2.04. The Labute approximate surface area is 60.9 Å². The van der Waals surface area contributed by atoms with Crippen molar-refractivity contribution >= 4 is 29.1 Å². The molecule has 0 amide bonds. The summed E-state index contributed by atoms with van der Waals surface area (Å²) >= 11 is 2.08. The summed E-state index contributed by atoms with van der Waals surface area (Å²) in [4.78, 5) is 13.4. The Morgan fingerprint density at radius 1 is 1.88 bits per heavy atom. The first-order valence-electron chi connectivity index (χ1n) is 1.80. The van der Waals surface area contributed by atoms with E-state index in [-0.39, 0.29) is 6.47 Å². The lowest BCUT2D eigenvalue weighted by atomic mass is 10.8. The summed E-state index contributed by atoms with van der Waals surface area (Å²) in [7, 11) is 0. The molecule has 4 heteroatoms. The largest absolute Gasteiger partial charge is 0.339 e. The summed E-state index contributed by atoms with van der Waals surface area (Å²) in [6.45, 7) is 0.280. The molecule has 0 aromatic carbocycles. The quantitative estimate of drug-likeness (QED) is 0.137. The standard InChI is InChI=1S/C4H4INO2/c5-2-1-3-6-8-4-7/h4,6H,2H2. The van der Waals surface area contributed by atoms with Crippen molar-refractivity contribution in [1.29, 1.82) is 0 Å². The van der Waals surface area contributed by atoms with E-state index >= 15 is 0 Å². The number of hydrogen-bond donors (Lipinski definition) is 1. The summed E-state index contributed by atoms with van der Waals surface area (Å²) in [6.07, 6.45) is 0. The highest BCUT2D eigenvalue weighted by molar-refractivity contribution is 14.1. The van der Waals surface area contributed by atoms with Crippen molar-refractivity contribution < 1.29 is 9.63 Å². The molecular formula is C4H4INO2. The van der Waals surface area contributed by atoms with E-state index in [1.807, 2.05) is 0 Å². The van der Waals surface area contributed by atoms with Crippen LogP contribution in [0.15, 0.2) is 0 Å². The summed E-state index contributed by atoms with van der Waals surface area (Å²) < 4.78 is 0.715. The van der Waals surface area contributed by atoms with Crippen molar-refractivity contribution in [3.8, 4) is 12.0 Å². The third-order valence-electron chi connectivity index (χ3n) is 0.313. The number of halogens is 1. The van der Waals surface area contributed by atoms with E-state index in [4.69, 9.17) is 0 Å². The van der Waals surface area contributed by atoms with Gasteiger partial charge in [-0.15, -0.1) is 0 Å². The molecule has 0 rings (SSSR count). The maximum Gasteiger partial charge on any atom is 0.321 e. The Morgan fingerprint density at radius 3 is 3.12 bits per heavy atom. The zero-order valence-corrected chi connectivity index (χ0v) is 6.14. The molecule has 0 aromatic heterocycles. The molecule has 0 heterocycles. The minimum Gasteiger partial charge on any atom is -0.339 e. The first kappa shape index (κ1) is 7.56. The lowest BCUT2D eigenvalue weighted by Gasteiger charge is -1.85. The Hall–Kier alpha value is -0.440. The van der Waals surface area contributed by atoms with Gasteiger partial charge in [-0.05, 0) is 0 Å². The van der Waals surface area contributed by atoms with E-state index in [0.717, 1.165) is 0 Å². The van der Waals surface area contributed by atoms with Gasteiger partial charge in [-0.2, -0.15) is 5.48 Å². The van der Waals surface area contributed by atoms with Crippen LogP contribution in [0.25, 0.3) is 0 Å². The van der Waals surface area contributed by atoms with Crippen LogP contribution in [0.5, 0.6) is 0 Å². The van der Waals surface area contributed by atoms with Gasteiger partial charge in [0.05, 0.1) is 4.43 Å². The van der Waals surface area contributed by atoms with Crippen LogP contribution in [0.1, 0.15) is 0 Å². The number of hydroxylamine groups is 1. The highest BCUT2D eigenvalue weighted by Crippen LogP contribution is 1.72. The van der Waals surface area contributed by atoms with Crippen molar-refractivity contribution in [1.82, 2.24) is 5.48 Å². The molecule has 1 N–H and O–H groups in total. The molecule has 0 aromatic rings. The molecule has 8 heavy (non-hydrogen) atoms. The van der Waals surface area contributed by atoms with E-state index in [1.54, 1.807) is 0 Å². The number of hydrogen-bond acceptors (Lipinski definition) is 3. The van der Waals surface area contributed by atoms with Gasteiger partial charge in [0.15, 0.2) is 0 Å². The fourth-order valence-corrected chi connectivity index (χ4v) is 0.314. The Kier molecular flexibility index (Phi) is 6.20. The number of rotatable bonds is 2. The highest BCUT2D eigenvalue weighted by Gasteiger charge is 1.65. The van der Waals surface area contributed by atoms with Crippen LogP contribution in [-0.4, -0.2) is 10.9 Å². The smallest absolute Gasteiger partial charge is 0.321 e. The molecule has 0 bridgehead atoms. The molecule has 0 saturated heterocycles. The van der Waals surface area contributed by atoms with Crippen molar-refractivity contribution in [3.63, 3.8) is 0 Å². The number of alkyl halides is 1. The van der Waals surface area contributed by atoms with Gasteiger partial charge < -0.3 is 4.84 Å². The van der Waals surface area contributed by atoms with Gasteiger partial charge in [0, 0.05) is 6.04 Å². The Bertz CT molecular complexity index is 115. The molecule has 0 fully saturated rings. The van der Waals surface area contributed by atoms with Crippen LogP contribution in [-0.2, 0) is 9.63 Å². The van der Waals surface area contributed by atoms with Crippen LogP contribution in [0, 0.1) is 12.0 Å². The monoisotopic (exact) mass is 225 g/mol. The van der Waals surface area contributed by atoms with Gasteiger partial charge in [0.1, 0.15) is 0 Å². The van der Waals surface area contributed by atoms with E-state index in [1.165, 1.54) is 0 Å². The lowest BCUT2D eigenvalue weighted by molar-refractivity contribution is -0.132. The SMILES string of the molecule is O=CONC#CCI. The molecule has 0 aliphatic carbocycles. The van der Waals surface area contributed by atoms with E-state index in [9.17, 15) is 4.79 Å². The molecule has 0 aliphatic rings. The van der Waals surface area contributed by atoms with Gasteiger partial charge in [-0.3, -0.25) is 4.79 Å². The molecule has 0 aliphatic heterocycles. The highest BCUT2D eigenvalue weighted by atomic mass is 127. The first-order valence-corrected chi connectivity index (χ1v) is 3.32. The second-order valence-corrected chi connectivity index (χ2v) is 1.51. The van der Waals surface area contributed by atoms with Gasteiger partial charge >= 0.3 is 6.47 Å². The average molecular weight is 225 g/mol. The molecule has 0 radical (unpaired) electrons. The second kappa shape index (κ2) is 6.56. The number of nitrogens with one attached hydrogen (secondary N) is 1. The molecule has 0 unspecified atom stereocenters. The fourth-order valence-electron chi connectivity index (χ4n) is 0.123. The predicted molar refractivity (Wildman–Crippen MR) is 36.9 cm³/mol. The number of carbonyl (C=O) groups is 1. The summed E-state index contributed by atoms with van der Waals surface area (Å²) in [6, 6.07) is 2.38. The van der Waals surface area contributed by atoms with E-state index in [0.29, 0.717) is 4.43 Å². The van der Waals surface area contributed by atoms with Crippen molar-refractivity contribution in [2.24, 2.45) is 0 Å². The molecule has 0 spiro atoms. The molecule has 0 atom stereocenters. The summed E-state index contributed by atoms with van der Waals surface area (Å²) in [5, 5.41) is 0. The molecule has 44 valence electrons. The fraction of sp³-hybridized carbons (Fsp3) is 0.250. The third kappa shape index (κ3) is 5.56. The average Bonchev–Trinajstić information content (AvgIpc) is 1.81.